The van der Waals surface area contributed by atoms with Crippen LogP contribution in [0.4, 0.5) is 5.13 Å². The molecule has 1 aromatic rings. The van der Waals surface area contributed by atoms with Gasteiger partial charge in [-0.15, -0.1) is 10.2 Å². The van der Waals surface area contributed by atoms with E-state index in [9.17, 15) is 0 Å². The molecular weight excluding hydrogens is 172 g/mol. The maximum Gasteiger partial charge on any atom is 0.207 e. The van der Waals surface area contributed by atoms with Crippen LogP contribution in [0.25, 0.3) is 0 Å². The first-order valence-electron chi connectivity index (χ1n) is 3.94. The van der Waals surface area contributed by atoms with E-state index in [-0.39, 0.29) is 0 Å². The van der Waals surface area contributed by atoms with Gasteiger partial charge in [-0.25, -0.2) is 0 Å². The molecule has 1 rings (SSSR count). The maximum atomic E-state index is 5.39. The summed E-state index contributed by atoms with van der Waals surface area (Å²) in [5.74, 6) is 0. The Morgan fingerprint density at radius 1 is 1.42 bits per heavy atom. The van der Waals surface area contributed by atoms with Crippen LogP contribution in [0.5, 0.6) is 0 Å². The third-order valence-electron chi connectivity index (χ3n) is 1.43. The van der Waals surface area contributed by atoms with Crippen LogP contribution >= 0.6 is 11.3 Å². The van der Waals surface area contributed by atoms with Crippen LogP contribution < -0.4 is 10.6 Å². The van der Waals surface area contributed by atoms with Gasteiger partial charge >= 0.3 is 0 Å². The molecule has 68 valence electrons. The van der Waals surface area contributed by atoms with Crippen molar-refractivity contribution in [3.63, 3.8) is 0 Å². The largest absolute Gasteiger partial charge is 0.353 e. The van der Waals surface area contributed by atoms with Crippen molar-refractivity contribution in [2.45, 2.75) is 12.8 Å². The summed E-state index contributed by atoms with van der Waals surface area (Å²) in [7, 11) is 3.93. The van der Waals surface area contributed by atoms with E-state index in [0.717, 1.165) is 29.5 Å². The Morgan fingerprint density at radius 2 is 2.17 bits per heavy atom. The lowest BCUT2D eigenvalue weighted by atomic mass is 10.3. The summed E-state index contributed by atoms with van der Waals surface area (Å²) in [6.07, 6.45) is 1.93. The third-order valence-corrected chi connectivity index (χ3v) is 2.58. The molecule has 0 aliphatic rings. The average molecular weight is 186 g/mol. The van der Waals surface area contributed by atoms with Crippen LogP contribution in [0.1, 0.15) is 11.4 Å². The summed E-state index contributed by atoms with van der Waals surface area (Å²) in [6, 6.07) is 0. The molecule has 0 aromatic carbocycles. The van der Waals surface area contributed by atoms with Gasteiger partial charge < -0.3 is 10.6 Å². The summed E-state index contributed by atoms with van der Waals surface area (Å²) in [5, 5.41) is 10.1. The monoisotopic (exact) mass is 186 g/mol. The molecule has 0 saturated carbocycles. The smallest absolute Gasteiger partial charge is 0.207 e. The molecule has 0 atom stereocenters. The number of nitrogens with two attached hydrogens (primary N) is 1. The lowest BCUT2D eigenvalue weighted by Crippen LogP contribution is -2.07. The number of aryl methyl sites for hydroxylation is 1. The standard InChI is InChI=1S/C7H14N4S/c1-11(2)7-10-9-6(12-7)4-3-5-8/h3-5,8H2,1-2H3. The summed E-state index contributed by atoms with van der Waals surface area (Å²) in [5.41, 5.74) is 5.39. The van der Waals surface area contributed by atoms with Gasteiger partial charge in [0.15, 0.2) is 0 Å². The van der Waals surface area contributed by atoms with Crippen LogP contribution in [0.3, 0.4) is 0 Å². The highest BCUT2D eigenvalue weighted by Crippen LogP contribution is 2.18. The topological polar surface area (TPSA) is 55.0 Å². The fourth-order valence-corrected chi connectivity index (χ4v) is 1.58. The molecule has 0 aliphatic heterocycles. The Hall–Kier alpha value is -0.680. The minimum atomic E-state index is 0.719. The predicted molar refractivity (Wildman–Crippen MR) is 51.6 cm³/mol. The van der Waals surface area contributed by atoms with E-state index in [1.165, 1.54) is 0 Å². The molecule has 0 amide bonds. The van der Waals surface area contributed by atoms with Crippen molar-refractivity contribution >= 4 is 16.5 Å². The Balaban J connectivity index is 2.52. The summed E-state index contributed by atoms with van der Waals surface area (Å²) in [4.78, 5) is 1.96. The summed E-state index contributed by atoms with van der Waals surface area (Å²) in [6.45, 7) is 0.719. The van der Waals surface area contributed by atoms with E-state index >= 15 is 0 Å². The van der Waals surface area contributed by atoms with Gasteiger partial charge in [-0.05, 0) is 13.0 Å². The van der Waals surface area contributed by atoms with Crippen molar-refractivity contribution in [2.24, 2.45) is 5.73 Å². The van der Waals surface area contributed by atoms with Gasteiger partial charge in [0.25, 0.3) is 0 Å². The lowest BCUT2D eigenvalue weighted by molar-refractivity contribution is 0.811. The van der Waals surface area contributed by atoms with Gasteiger partial charge in [0.05, 0.1) is 0 Å². The maximum absolute atomic E-state index is 5.39. The van der Waals surface area contributed by atoms with Crippen molar-refractivity contribution in [3.05, 3.63) is 5.01 Å². The van der Waals surface area contributed by atoms with Crippen LogP contribution in [0.15, 0.2) is 0 Å². The summed E-state index contributed by atoms with van der Waals surface area (Å²) < 4.78 is 0. The van der Waals surface area contributed by atoms with E-state index in [2.05, 4.69) is 10.2 Å². The van der Waals surface area contributed by atoms with Crippen LogP contribution in [0.2, 0.25) is 0 Å². The van der Waals surface area contributed by atoms with Crippen LogP contribution in [0, 0.1) is 0 Å². The predicted octanol–water partition coefficient (Wildman–Crippen LogP) is 0.495. The molecule has 5 heteroatoms. The minimum Gasteiger partial charge on any atom is -0.353 e. The second-order valence-corrected chi connectivity index (χ2v) is 3.81. The van der Waals surface area contributed by atoms with Gasteiger partial charge in [0.2, 0.25) is 5.13 Å². The molecule has 4 nitrogen and oxygen atoms in total. The number of nitrogens with zero attached hydrogens (tertiary/aromatic N) is 3. The quantitative estimate of drug-likeness (QED) is 0.743. The highest BCUT2D eigenvalue weighted by atomic mass is 32.1. The average Bonchev–Trinajstić information content (AvgIpc) is 2.48. The fourth-order valence-electron chi connectivity index (χ4n) is 0.780. The molecule has 2 N–H and O–H groups in total. The Kier molecular flexibility index (Phi) is 3.43. The van der Waals surface area contributed by atoms with Crippen LogP contribution in [-0.4, -0.2) is 30.8 Å². The molecule has 0 radical (unpaired) electrons. The van der Waals surface area contributed by atoms with Gasteiger partial charge in [-0.3, -0.25) is 0 Å². The molecule has 0 aliphatic carbocycles. The Labute approximate surface area is 76.4 Å². The van der Waals surface area contributed by atoms with Crippen molar-refractivity contribution < 1.29 is 0 Å². The first-order chi connectivity index (χ1) is 5.74. The number of hydrogen-bond donors (Lipinski definition) is 1. The van der Waals surface area contributed by atoms with Crippen molar-refractivity contribution in [2.75, 3.05) is 25.5 Å². The number of aromatic nitrogens is 2. The van der Waals surface area contributed by atoms with Gasteiger partial charge in [-0.2, -0.15) is 0 Å². The normalized spacial score (nSPS) is 10.2. The van der Waals surface area contributed by atoms with Crippen molar-refractivity contribution in [1.29, 1.82) is 0 Å². The molecule has 0 fully saturated rings. The minimum absolute atomic E-state index is 0.719. The third kappa shape index (κ3) is 2.42. The SMILES string of the molecule is CN(C)c1nnc(CCCN)s1. The molecule has 1 heterocycles. The second-order valence-electron chi connectivity index (χ2n) is 2.77. The van der Waals surface area contributed by atoms with E-state index in [4.69, 9.17) is 5.73 Å². The van der Waals surface area contributed by atoms with E-state index in [1.54, 1.807) is 11.3 Å². The highest BCUT2D eigenvalue weighted by molar-refractivity contribution is 7.15. The lowest BCUT2D eigenvalue weighted by Gasteiger charge is -2.03. The molecule has 0 unspecified atom stereocenters. The zero-order chi connectivity index (χ0) is 8.97. The zero-order valence-electron chi connectivity index (χ0n) is 7.45. The van der Waals surface area contributed by atoms with Crippen molar-refractivity contribution in [3.8, 4) is 0 Å². The van der Waals surface area contributed by atoms with Crippen molar-refractivity contribution in [1.82, 2.24) is 10.2 Å². The molecule has 12 heavy (non-hydrogen) atoms. The highest BCUT2D eigenvalue weighted by Gasteiger charge is 2.03. The van der Waals surface area contributed by atoms with Crippen LogP contribution in [-0.2, 0) is 6.42 Å². The summed E-state index contributed by atoms with van der Waals surface area (Å²) >= 11 is 1.63. The number of anilines is 1. The fraction of sp³-hybridized carbons (Fsp3) is 0.714. The van der Waals surface area contributed by atoms with Gasteiger partial charge in [-0.1, -0.05) is 11.3 Å². The number of rotatable bonds is 4. The zero-order valence-corrected chi connectivity index (χ0v) is 8.27. The van der Waals surface area contributed by atoms with Gasteiger partial charge in [0.1, 0.15) is 5.01 Å². The second kappa shape index (κ2) is 4.37. The number of hydrogen-bond acceptors (Lipinski definition) is 5. The molecule has 0 spiro atoms. The Morgan fingerprint density at radius 3 is 2.67 bits per heavy atom. The van der Waals surface area contributed by atoms with Gasteiger partial charge in [0, 0.05) is 20.5 Å². The van der Waals surface area contributed by atoms with E-state index in [1.807, 2.05) is 19.0 Å². The van der Waals surface area contributed by atoms with E-state index in [0.29, 0.717) is 0 Å². The Bertz CT molecular complexity index is 233. The molecular formula is C7H14N4S. The first-order valence-corrected chi connectivity index (χ1v) is 4.75. The first kappa shape index (κ1) is 9.41. The van der Waals surface area contributed by atoms with E-state index < -0.39 is 0 Å². The molecule has 0 saturated heterocycles. The molecule has 0 bridgehead atoms. The molecule has 1 aromatic heterocycles.